The first-order valence-electron chi connectivity index (χ1n) is 3.47. The van der Waals surface area contributed by atoms with Crippen LogP contribution in [-0.2, 0) is 0 Å². The fraction of sp³-hybridized carbons (Fsp3) is 1.00. The molecule has 0 amide bonds. The molecule has 10 heavy (non-hydrogen) atoms. The summed E-state index contributed by atoms with van der Waals surface area (Å²) in [6.45, 7) is 5.78. The second-order valence-electron chi connectivity index (χ2n) is 2.18. The zero-order chi connectivity index (χ0) is 8.15. The highest BCUT2D eigenvalue weighted by Gasteiger charge is 2.13. The molecule has 0 aliphatic carbocycles. The predicted molar refractivity (Wildman–Crippen MR) is 38.9 cm³/mol. The van der Waals surface area contributed by atoms with Crippen molar-refractivity contribution in [2.45, 2.75) is 33.2 Å². The number of hydrogen-bond donors (Lipinski definition) is 3. The van der Waals surface area contributed by atoms with Gasteiger partial charge in [-0.25, -0.2) is 0 Å². The van der Waals surface area contributed by atoms with Gasteiger partial charge >= 0.3 is 0 Å². The normalized spacial score (nSPS) is 17.4. The van der Waals surface area contributed by atoms with Crippen LogP contribution in [0.1, 0.15) is 20.8 Å². The van der Waals surface area contributed by atoms with Gasteiger partial charge in [-0.3, -0.25) is 5.43 Å². The smallest absolute Gasteiger partial charge is 0.119 e. The Balaban J connectivity index is 3.73. The van der Waals surface area contributed by atoms with Crippen LogP contribution in [0.2, 0.25) is 0 Å². The Morgan fingerprint density at radius 1 is 1.30 bits per heavy atom. The van der Waals surface area contributed by atoms with Crippen LogP contribution in [0, 0.1) is 0 Å². The molecule has 0 saturated heterocycles. The van der Waals surface area contributed by atoms with Crippen molar-refractivity contribution in [3.63, 3.8) is 0 Å². The molecule has 0 aliphatic rings. The van der Waals surface area contributed by atoms with E-state index in [9.17, 15) is 0 Å². The molecule has 4 heteroatoms. The van der Waals surface area contributed by atoms with Crippen molar-refractivity contribution in [2.24, 2.45) is 0 Å². The lowest BCUT2D eigenvalue weighted by Gasteiger charge is -2.27. The highest BCUT2D eigenvalue weighted by atomic mass is 16.3. The maximum Gasteiger partial charge on any atom is 0.119 e. The Morgan fingerprint density at radius 2 is 1.70 bits per heavy atom. The van der Waals surface area contributed by atoms with E-state index in [1.165, 1.54) is 5.01 Å². The quantitative estimate of drug-likeness (QED) is 0.371. The second-order valence-corrected chi connectivity index (χ2v) is 2.18. The third-order valence-electron chi connectivity index (χ3n) is 1.15. The molecule has 3 N–H and O–H groups in total. The van der Waals surface area contributed by atoms with Gasteiger partial charge in [0.2, 0.25) is 0 Å². The molecule has 0 heterocycles. The van der Waals surface area contributed by atoms with Crippen LogP contribution in [0.4, 0.5) is 0 Å². The van der Waals surface area contributed by atoms with E-state index in [4.69, 9.17) is 10.2 Å². The van der Waals surface area contributed by atoms with E-state index in [-0.39, 0.29) is 0 Å². The lowest BCUT2D eigenvalue weighted by atomic mass is 10.5. The molecule has 0 saturated carbocycles. The van der Waals surface area contributed by atoms with Gasteiger partial charge < -0.3 is 10.2 Å². The number of aliphatic hydroxyl groups is 2. The molecule has 0 aromatic rings. The van der Waals surface area contributed by atoms with Gasteiger partial charge in [0, 0.05) is 6.54 Å². The van der Waals surface area contributed by atoms with E-state index in [0.717, 1.165) is 0 Å². The lowest BCUT2D eigenvalue weighted by Crippen LogP contribution is -2.49. The molecule has 0 aromatic carbocycles. The Morgan fingerprint density at radius 3 is 1.80 bits per heavy atom. The monoisotopic (exact) mass is 148 g/mol. The summed E-state index contributed by atoms with van der Waals surface area (Å²) in [5.41, 5.74) is 2.81. The Bertz CT molecular complexity index is 77.8. The molecule has 0 rings (SSSR count). The first-order valence-corrected chi connectivity index (χ1v) is 3.47. The van der Waals surface area contributed by atoms with Gasteiger partial charge in [-0.15, -0.1) is 0 Å². The minimum Gasteiger partial charge on any atom is -0.377 e. The van der Waals surface area contributed by atoms with Crippen molar-refractivity contribution in [3.8, 4) is 0 Å². The van der Waals surface area contributed by atoms with Crippen LogP contribution in [0.5, 0.6) is 0 Å². The molecule has 2 atom stereocenters. The lowest BCUT2D eigenvalue weighted by molar-refractivity contribution is -0.115. The van der Waals surface area contributed by atoms with E-state index >= 15 is 0 Å². The van der Waals surface area contributed by atoms with Crippen LogP contribution < -0.4 is 5.43 Å². The molecule has 0 aromatic heterocycles. The Labute approximate surface area is 61.4 Å². The van der Waals surface area contributed by atoms with Crippen LogP contribution in [0.3, 0.4) is 0 Å². The van der Waals surface area contributed by atoms with Gasteiger partial charge in [-0.05, 0) is 13.8 Å². The highest BCUT2D eigenvalue weighted by molar-refractivity contribution is 4.51. The largest absolute Gasteiger partial charge is 0.377 e. The third-order valence-corrected chi connectivity index (χ3v) is 1.15. The summed E-state index contributed by atoms with van der Waals surface area (Å²) in [6.07, 6.45) is -1.33. The summed E-state index contributed by atoms with van der Waals surface area (Å²) in [6, 6.07) is 0. The van der Waals surface area contributed by atoms with Crippen LogP contribution in [0.25, 0.3) is 0 Å². The predicted octanol–water partition coefficient (Wildman–Crippen LogP) is -0.510. The van der Waals surface area contributed by atoms with Crippen LogP contribution in [-0.4, -0.2) is 34.2 Å². The molecule has 0 bridgehead atoms. The molecular weight excluding hydrogens is 132 g/mol. The fourth-order valence-electron chi connectivity index (χ4n) is 0.759. The molecule has 62 valence electrons. The summed E-state index contributed by atoms with van der Waals surface area (Å²) in [5.74, 6) is 0. The SMILES string of the molecule is CCNN(C(C)O)C(C)O. The molecule has 2 unspecified atom stereocenters. The van der Waals surface area contributed by atoms with Gasteiger partial charge in [0.25, 0.3) is 0 Å². The summed E-state index contributed by atoms with van der Waals surface area (Å²) >= 11 is 0. The molecule has 0 fully saturated rings. The molecular formula is C6H16N2O2. The van der Waals surface area contributed by atoms with Gasteiger partial charge in [0.15, 0.2) is 0 Å². The van der Waals surface area contributed by atoms with Gasteiger partial charge in [0.1, 0.15) is 12.5 Å². The van der Waals surface area contributed by atoms with Crippen molar-refractivity contribution in [1.82, 2.24) is 10.4 Å². The first-order chi connectivity index (χ1) is 4.59. The fourth-order valence-corrected chi connectivity index (χ4v) is 0.759. The summed E-state index contributed by atoms with van der Waals surface area (Å²) < 4.78 is 0. The molecule has 0 radical (unpaired) electrons. The minimum absolute atomic E-state index is 0.667. The average Bonchev–Trinajstić information content (AvgIpc) is 1.81. The summed E-state index contributed by atoms with van der Waals surface area (Å²) in [7, 11) is 0. The maximum absolute atomic E-state index is 9.02. The van der Waals surface area contributed by atoms with E-state index < -0.39 is 12.5 Å². The Kier molecular flexibility index (Phi) is 4.55. The zero-order valence-corrected chi connectivity index (χ0v) is 6.70. The second kappa shape index (κ2) is 4.62. The summed E-state index contributed by atoms with van der Waals surface area (Å²) in [5, 5.41) is 19.4. The number of nitrogens with zero attached hydrogens (tertiary/aromatic N) is 1. The van der Waals surface area contributed by atoms with Crippen molar-refractivity contribution in [1.29, 1.82) is 0 Å². The van der Waals surface area contributed by atoms with Crippen LogP contribution in [0.15, 0.2) is 0 Å². The topological polar surface area (TPSA) is 55.7 Å². The van der Waals surface area contributed by atoms with E-state index in [2.05, 4.69) is 5.43 Å². The van der Waals surface area contributed by atoms with Crippen molar-refractivity contribution in [3.05, 3.63) is 0 Å². The van der Waals surface area contributed by atoms with Crippen molar-refractivity contribution in [2.75, 3.05) is 6.54 Å². The highest BCUT2D eigenvalue weighted by Crippen LogP contribution is 1.94. The van der Waals surface area contributed by atoms with Gasteiger partial charge in [-0.2, -0.15) is 5.01 Å². The van der Waals surface area contributed by atoms with Gasteiger partial charge in [-0.1, -0.05) is 6.92 Å². The van der Waals surface area contributed by atoms with Crippen LogP contribution >= 0.6 is 0 Å². The number of aliphatic hydroxyl groups excluding tert-OH is 2. The van der Waals surface area contributed by atoms with E-state index in [0.29, 0.717) is 6.54 Å². The number of hydrazine groups is 1. The third kappa shape index (κ3) is 3.12. The average molecular weight is 148 g/mol. The molecule has 0 aliphatic heterocycles. The number of rotatable bonds is 4. The summed E-state index contributed by atoms with van der Waals surface area (Å²) in [4.78, 5) is 0. The van der Waals surface area contributed by atoms with Crippen molar-refractivity contribution >= 4 is 0 Å². The standard InChI is InChI=1S/C6H16N2O2/c1-4-7-8(5(2)9)6(3)10/h5-7,9-10H,4H2,1-3H3. The van der Waals surface area contributed by atoms with Crippen molar-refractivity contribution < 1.29 is 10.2 Å². The minimum atomic E-state index is -0.667. The van der Waals surface area contributed by atoms with E-state index in [1.54, 1.807) is 13.8 Å². The zero-order valence-electron chi connectivity index (χ0n) is 6.70. The number of hydrogen-bond acceptors (Lipinski definition) is 4. The first kappa shape index (κ1) is 9.84. The molecule has 4 nitrogen and oxygen atoms in total. The number of nitrogens with one attached hydrogen (secondary N) is 1. The maximum atomic E-state index is 9.02. The molecule has 0 spiro atoms. The Hall–Kier alpha value is -0.160. The van der Waals surface area contributed by atoms with Gasteiger partial charge in [0.05, 0.1) is 0 Å². The van der Waals surface area contributed by atoms with E-state index in [1.807, 2.05) is 6.92 Å².